The van der Waals surface area contributed by atoms with Crippen molar-refractivity contribution in [2.24, 2.45) is 0 Å². The van der Waals surface area contributed by atoms with Gasteiger partial charge in [0.2, 0.25) is 0 Å². The minimum absolute atomic E-state index is 0.168. The molecule has 2 rings (SSSR count). The van der Waals surface area contributed by atoms with E-state index in [-0.39, 0.29) is 16.7 Å². The number of carbonyl (C=O) groups excluding carboxylic acids is 1. The van der Waals surface area contributed by atoms with Crippen molar-refractivity contribution >= 4 is 5.97 Å². The highest BCUT2D eigenvalue weighted by molar-refractivity contribution is 5.89. The summed E-state index contributed by atoms with van der Waals surface area (Å²) in [5, 5.41) is 11.4. The Hall–Kier alpha value is -2.55. The van der Waals surface area contributed by atoms with E-state index in [1.807, 2.05) is 0 Å². The molecule has 0 bridgehead atoms. The lowest BCUT2D eigenvalue weighted by molar-refractivity contribution is -0.130. The van der Waals surface area contributed by atoms with Crippen LogP contribution in [-0.2, 0) is 28.5 Å². The predicted octanol–water partition coefficient (Wildman–Crippen LogP) is 7.75. The SMILES string of the molecule is C=C(C)C(=O)Oc1c(C(C)c2cc(CC)cc(C(C)(C)C)c2O)cc(CC)cc1C(C)(C)C. The molecule has 0 aliphatic heterocycles. The normalized spacial score (nSPS) is 13.0. The molecule has 0 saturated heterocycles. The third-order valence-corrected chi connectivity index (χ3v) is 6.29. The summed E-state index contributed by atoms with van der Waals surface area (Å²) in [5.74, 6) is 0.306. The van der Waals surface area contributed by atoms with Crippen molar-refractivity contribution in [1.29, 1.82) is 0 Å². The van der Waals surface area contributed by atoms with Gasteiger partial charge in [-0.15, -0.1) is 0 Å². The second kappa shape index (κ2) is 9.75. The number of phenols is 1. The molecule has 2 aromatic carbocycles. The molecule has 33 heavy (non-hydrogen) atoms. The third kappa shape index (κ3) is 5.88. The molecule has 3 heteroatoms. The van der Waals surface area contributed by atoms with E-state index < -0.39 is 5.97 Å². The summed E-state index contributed by atoms with van der Waals surface area (Å²) in [6.45, 7) is 24.5. The molecule has 0 fully saturated rings. The first kappa shape index (κ1) is 26.7. The van der Waals surface area contributed by atoms with Gasteiger partial charge in [0.05, 0.1) is 0 Å². The van der Waals surface area contributed by atoms with Gasteiger partial charge >= 0.3 is 5.97 Å². The van der Waals surface area contributed by atoms with E-state index in [9.17, 15) is 9.90 Å². The predicted molar refractivity (Wildman–Crippen MR) is 139 cm³/mol. The van der Waals surface area contributed by atoms with E-state index in [1.54, 1.807) is 6.92 Å². The molecule has 0 radical (unpaired) electrons. The molecule has 0 saturated carbocycles. The quantitative estimate of drug-likeness (QED) is 0.278. The highest BCUT2D eigenvalue weighted by Gasteiger charge is 2.30. The van der Waals surface area contributed by atoms with Crippen molar-refractivity contribution in [1.82, 2.24) is 0 Å². The van der Waals surface area contributed by atoms with Gasteiger partial charge in [-0.05, 0) is 47.3 Å². The fourth-order valence-electron chi connectivity index (χ4n) is 4.08. The molecule has 1 atom stereocenters. The lowest BCUT2D eigenvalue weighted by Crippen LogP contribution is -2.20. The van der Waals surface area contributed by atoms with Crippen LogP contribution in [0.4, 0.5) is 0 Å². The maximum atomic E-state index is 12.6. The summed E-state index contributed by atoms with van der Waals surface area (Å²) in [7, 11) is 0. The summed E-state index contributed by atoms with van der Waals surface area (Å²) < 4.78 is 5.98. The van der Waals surface area contributed by atoms with Gasteiger partial charge in [-0.1, -0.05) is 93.2 Å². The van der Waals surface area contributed by atoms with E-state index >= 15 is 0 Å². The van der Waals surface area contributed by atoms with Crippen LogP contribution < -0.4 is 4.74 Å². The molecule has 0 amide bonds. The van der Waals surface area contributed by atoms with Crippen molar-refractivity contribution in [2.75, 3.05) is 0 Å². The van der Waals surface area contributed by atoms with Gasteiger partial charge in [0.25, 0.3) is 0 Å². The maximum Gasteiger partial charge on any atom is 0.338 e. The Bertz CT molecular complexity index is 1050. The van der Waals surface area contributed by atoms with Crippen LogP contribution in [0.2, 0.25) is 0 Å². The molecule has 3 nitrogen and oxygen atoms in total. The number of esters is 1. The Morgan fingerprint density at radius 2 is 1.36 bits per heavy atom. The zero-order valence-corrected chi connectivity index (χ0v) is 22.3. The molecule has 0 aromatic heterocycles. The van der Waals surface area contributed by atoms with Crippen LogP contribution in [0.5, 0.6) is 11.5 Å². The molecule has 0 heterocycles. The Kier molecular flexibility index (Phi) is 7.89. The highest BCUT2D eigenvalue weighted by Crippen LogP contribution is 2.45. The molecule has 1 unspecified atom stereocenters. The lowest BCUT2D eigenvalue weighted by Gasteiger charge is -2.29. The largest absolute Gasteiger partial charge is 0.507 e. The third-order valence-electron chi connectivity index (χ3n) is 6.29. The molecule has 2 aromatic rings. The Labute approximate surface area is 200 Å². The number of rotatable bonds is 6. The van der Waals surface area contributed by atoms with Crippen molar-refractivity contribution in [3.8, 4) is 11.5 Å². The van der Waals surface area contributed by atoms with E-state index in [4.69, 9.17) is 4.74 Å². The molecular formula is C30H42O3. The van der Waals surface area contributed by atoms with Crippen LogP contribution in [-0.4, -0.2) is 11.1 Å². The smallest absolute Gasteiger partial charge is 0.338 e. The van der Waals surface area contributed by atoms with Gasteiger partial charge in [-0.3, -0.25) is 0 Å². The van der Waals surface area contributed by atoms with Crippen LogP contribution in [0.15, 0.2) is 36.4 Å². The van der Waals surface area contributed by atoms with Crippen molar-refractivity contribution in [3.63, 3.8) is 0 Å². The monoisotopic (exact) mass is 450 g/mol. The maximum absolute atomic E-state index is 12.6. The summed E-state index contributed by atoms with van der Waals surface area (Å²) >= 11 is 0. The zero-order chi connectivity index (χ0) is 25.3. The van der Waals surface area contributed by atoms with Crippen LogP contribution >= 0.6 is 0 Å². The van der Waals surface area contributed by atoms with Gasteiger partial charge in [-0.2, -0.15) is 0 Å². The van der Waals surface area contributed by atoms with Gasteiger partial charge < -0.3 is 9.84 Å². The summed E-state index contributed by atoms with van der Waals surface area (Å²) in [5.41, 5.74) is 6.00. The van der Waals surface area contributed by atoms with Crippen LogP contribution in [0.25, 0.3) is 0 Å². The van der Waals surface area contributed by atoms with Crippen LogP contribution in [0, 0.1) is 0 Å². The fourth-order valence-corrected chi connectivity index (χ4v) is 4.08. The second-order valence-electron chi connectivity index (χ2n) is 11.2. The average Bonchev–Trinajstić information content (AvgIpc) is 2.71. The van der Waals surface area contributed by atoms with Crippen molar-refractivity contribution in [2.45, 2.75) is 98.8 Å². The average molecular weight is 451 g/mol. The Balaban J connectivity index is 2.88. The first-order valence-corrected chi connectivity index (χ1v) is 12.0. The Morgan fingerprint density at radius 1 is 0.909 bits per heavy atom. The van der Waals surface area contributed by atoms with Crippen molar-refractivity contribution in [3.05, 3.63) is 69.8 Å². The van der Waals surface area contributed by atoms with Crippen LogP contribution in [0.3, 0.4) is 0 Å². The van der Waals surface area contributed by atoms with Gasteiger partial charge in [0.1, 0.15) is 11.5 Å². The van der Waals surface area contributed by atoms with E-state index in [1.165, 1.54) is 11.1 Å². The van der Waals surface area contributed by atoms with Crippen molar-refractivity contribution < 1.29 is 14.6 Å². The zero-order valence-electron chi connectivity index (χ0n) is 22.3. The number of carbonyl (C=O) groups is 1. The topological polar surface area (TPSA) is 46.5 Å². The molecule has 180 valence electrons. The summed E-state index contributed by atoms with van der Waals surface area (Å²) in [4.78, 5) is 12.6. The Morgan fingerprint density at radius 3 is 1.79 bits per heavy atom. The number of hydrogen-bond acceptors (Lipinski definition) is 3. The minimum atomic E-state index is -0.430. The molecule has 0 aliphatic carbocycles. The first-order chi connectivity index (χ1) is 15.1. The van der Waals surface area contributed by atoms with Crippen LogP contribution in [0.1, 0.15) is 109 Å². The standard InChI is InChI=1S/C30H42O3/c1-12-20-14-22(26(31)24(16-20)29(6,7)8)19(5)23-15-21(13-2)17-25(30(9,10)11)27(23)33-28(32)18(3)4/h14-17,19,31H,3,12-13H2,1-2,4-11H3. The number of aryl methyl sites for hydroxylation is 2. The van der Waals surface area contributed by atoms with Gasteiger partial charge in [-0.25, -0.2) is 4.79 Å². The lowest BCUT2D eigenvalue weighted by atomic mass is 9.78. The fraction of sp³-hybridized carbons (Fsp3) is 0.500. The molecular weight excluding hydrogens is 408 g/mol. The minimum Gasteiger partial charge on any atom is -0.507 e. The summed E-state index contributed by atoms with van der Waals surface area (Å²) in [6, 6.07) is 8.46. The number of aromatic hydroxyl groups is 1. The number of benzene rings is 2. The molecule has 0 spiro atoms. The van der Waals surface area contributed by atoms with E-state index in [0.29, 0.717) is 17.1 Å². The molecule has 1 N–H and O–H groups in total. The highest BCUT2D eigenvalue weighted by atomic mass is 16.5. The number of hydrogen-bond donors (Lipinski definition) is 1. The van der Waals surface area contributed by atoms with E-state index in [0.717, 1.165) is 35.1 Å². The molecule has 0 aliphatic rings. The first-order valence-electron chi connectivity index (χ1n) is 12.0. The second-order valence-corrected chi connectivity index (χ2v) is 11.2. The number of phenolic OH excluding ortho intramolecular Hbond substituents is 1. The van der Waals surface area contributed by atoms with Gasteiger partial charge in [0, 0.05) is 28.2 Å². The van der Waals surface area contributed by atoms with E-state index in [2.05, 4.69) is 93.2 Å². The van der Waals surface area contributed by atoms with Gasteiger partial charge in [0.15, 0.2) is 0 Å². The summed E-state index contributed by atoms with van der Waals surface area (Å²) in [6.07, 6.45) is 1.74. The number of ether oxygens (including phenoxy) is 1.